The zero-order chi connectivity index (χ0) is 23.6. The van der Waals surface area contributed by atoms with Gasteiger partial charge in [0, 0.05) is 31.3 Å². The van der Waals surface area contributed by atoms with Gasteiger partial charge in [0.2, 0.25) is 5.91 Å². The van der Waals surface area contributed by atoms with Crippen LogP contribution < -0.4 is 10.1 Å². The van der Waals surface area contributed by atoms with Crippen LogP contribution in [-0.2, 0) is 23.9 Å². The first kappa shape index (κ1) is 22.4. The van der Waals surface area contributed by atoms with E-state index in [-0.39, 0.29) is 11.8 Å². The maximum absolute atomic E-state index is 12.9. The molecule has 0 unspecified atom stereocenters. The second-order valence-corrected chi connectivity index (χ2v) is 7.79. The van der Waals surface area contributed by atoms with Gasteiger partial charge in [0.25, 0.3) is 5.91 Å². The highest BCUT2D eigenvalue weighted by molar-refractivity contribution is 5.95. The number of carbonyl (C=O) groups is 2. The molecule has 0 atom stereocenters. The predicted octanol–water partition coefficient (Wildman–Crippen LogP) is 5.65. The van der Waals surface area contributed by atoms with E-state index in [0.29, 0.717) is 42.3 Å². The summed E-state index contributed by atoms with van der Waals surface area (Å²) in [6, 6.07) is 16.8. The second kappa shape index (κ2) is 8.97. The lowest BCUT2D eigenvalue weighted by Gasteiger charge is -2.29. The monoisotopic (exact) mass is 454 g/mol. The molecule has 0 spiro atoms. The SMILES string of the molecule is CC(=O)Nc1ccc(C(=O)N2CCc3cc(Oc4ccc(C(F)(F)F)cc4)ccc3C2)cc1. The Balaban J connectivity index is 1.42. The molecule has 1 aliphatic rings. The number of alkyl halides is 3. The van der Waals surface area contributed by atoms with E-state index in [9.17, 15) is 22.8 Å². The lowest BCUT2D eigenvalue weighted by Crippen LogP contribution is -2.35. The summed E-state index contributed by atoms with van der Waals surface area (Å²) in [7, 11) is 0. The predicted molar refractivity (Wildman–Crippen MR) is 117 cm³/mol. The third kappa shape index (κ3) is 5.34. The molecular formula is C25H21F3N2O3. The highest BCUT2D eigenvalue weighted by Crippen LogP contribution is 2.32. The highest BCUT2D eigenvalue weighted by atomic mass is 19.4. The van der Waals surface area contributed by atoms with Gasteiger partial charge in [0.15, 0.2) is 0 Å². The smallest absolute Gasteiger partial charge is 0.416 e. The minimum Gasteiger partial charge on any atom is -0.457 e. The standard InChI is InChI=1S/C25H21F3N2O3/c1-16(31)29-21-7-2-17(3-8-21)24(32)30-13-12-18-14-23(9-4-19(18)15-30)33-22-10-5-20(6-11-22)25(26,27)28/h2-11,14H,12-13,15H2,1H3,(H,29,31). The molecule has 3 aromatic carbocycles. The van der Waals surface area contributed by atoms with E-state index >= 15 is 0 Å². The average Bonchev–Trinajstić information content (AvgIpc) is 2.78. The molecule has 8 heteroatoms. The highest BCUT2D eigenvalue weighted by Gasteiger charge is 2.30. The molecule has 1 heterocycles. The number of ether oxygens (including phenoxy) is 1. The van der Waals surface area contributed by atoms with Crippen molar-refractivity contribution in [2.75, 3.05) is 11.9 Å². The van der Waals surface area contributed by atoms with Crippen LogP contribution in [0.15, 0.2) is 66.7 Å². The van der Waals surface area contributed by atoms with Crippen molar-refractivity contribution in [2.24, 2.45) is 0 Å². The van der Waals surface area contributed by atoms with Crippen LogP contribution in [-0.4, -0.2) is 23.3 Å². The van der Waals surface area contributed by atoms with Gasteiger partial charge in [-0.25, -0.2) is 0 Å². The van der Waals surface area contributed by atoms with Crippen molar-refractivity contribution in [1.29, 1.82) is 0 Å². The zero-order valence-electron chi connectivity index (χ0n) is 17.8. The van der Waals surface area contributed by atoms with Gasteiger partial charge in [-0.1, -0.05) is 6.07 Å². The molecule has 0 saturated heterocycles. The summed E-state index contributed by atoms with van der Waals surface area (Å²) in [6.45, 7) is 2.40. The first-order valence-corrected chi connectivity index (χ1v) is 10.3. The number of halogens is 3. The van der Waals surface area contributed by atoms with E-state index in [2.05, 4.69) is 5.32 Å². The third-order valence-corrected chi connectivity index (χ3v) is 5.35. The largest absolute Gasteiger partial charge is 0.457 e. The zero-order valence-corrected chi connectivity index (χ0v) is 17.8. The van der Waals surface area contributed by atoms with Gasteiger partial charge >= 0.3 is 6.18 Å². The molecule has 0 radical (unpaired) electrons. The van der Waals surface area contributed by atoms with E-state index in [1.54, 1.807) is 35.2 Å². The van der Waals surface area contributed by atoms with E-state index in [0.717, 1.165) is 23.3 Å². The molecule has 0 fully saturated rings. The number of fused-ring (bicyclic) bond motifs is 1. The van der Waals surface area contributed by atoms with Gasteiger partial charge in [-0.3, -0.25) is 9.59 Å². The van der Waals surface area contributed by atoms with Gasteiger partial charge in [-0.2, -0.15) is 13.2 Å². The van der Waals surface area contributed by atoms with Gasteiger partial charge in [-0.15, -0.1) is 0 Å². The van der Waals surface area contributed by atoms with Crippen LogP contribution in [0.25, 0.3) is 0 Å². The summed E-state index contributed by atoms with van der Waals surface area (Å²) >= 11 is 0. The van der Waals surface area contributed by atoms with Crippen molar-refractivity contribution in [3.8, 4) is 11.5 Å². The van der Waals surface area contributed by atoms with Crippen LogP contribution in [0, 0.1) is 0 Å². The fourth-order valence-electron chi connectivity index (χ4n) is 3.70. The quantitative estimate of drug-likeness (QED) is 0.554. The Kier molecular flexibility index (Phi) is 6.09. The summed E-state index contributed by atoms with van der Waals surface area (Å²) in [5.74, 6) is 0.573. The van der Waals surface area contributed by atoms with E-state index in [1.165, 1.54) is 19.1 Å². The maximum Gasteiger partial charge on any atom is 0.416 e. The molecule has 33 heavy (non-hydrogen) atoms. The molecule has 170 valence electrons. The van der Waals surface area contributed by atoms with Gasteiger partial charge in [0.1, 0.15) is 11.5 Å². The van der Waals surface area contributed by atoms with E-state index in [1.807, 2.05) is 12.1 Å². The molecule has 1 N–H and O–H groups in total. The van der Waals surface area contributed by atoms with Gasteiger partial charge < -0.3 is 15.0 Å². The number of carbonyl (C=O) groups excluding carboxylic acids is 2. The molecule has 2 amide bonds. The molecule has 0 aliphatic carbocycles. The normalized spacial score (nSPS) is 13.3. The molecule has 5 nitrogen and oxygen atoms in total. The Morgan fingerprint density at radius 2 is 1.58 bits per heavy atom. The Morgan fingerprint density at radius 1 is 0.909 bits per heavy atom. The van der Waals surface area contributed by atoms with Crippen LogP contribution in [0.4, 0.5) is 18.9 Å². The molecule has 0 saturated carbocycles. The van der Waals surface area contributed by atoms with Gasteiger partial charge in [-0.05, 0) is 78.2 Å². The van der Waals surface area contributed by atoms with Crippen molar-refractivity contribution < 1.29 is 27.5 Å². The Bertz CT molecular complexity index is 1170. The van der Waals surface area contributed by atoms with Crippen LogP contribution >= 0.6 is 0 Å². The summed E-state index contributed by atoms with van der Waals surface area (Å²) in [4.78, 5) is 25.8. The van der Waals surface area contributed by atoms with Crippen molar-refractivity contribution in [1.82, 2.24) is 4.90 Å². The van der Waals surface area contributed by atoms with Crippen molar-refractivity contribution in [3.05, 3.63) is 89.0 Å². The maximum atomic E-state index is 12.9. The number of rotatable bonds is 4. The third-order valence-electron chi connectivity index (χ3n) is 5.35. The molecule has 1 aliphatic heterocycles. The van der Waals surface area contributed by atoms with Crippen molar-refractivity contribution >= 4 is 17.5 Å². The Morgan fingerprint density at radius 3 is 2.21 bits per heavy atom. The molecular weight excluding hydrogens is 433 g/mol. The number of hydrogen-bond donors (Lipinski definition) is 1. The molecule has 0 bridgehead atoms. The van der Waals surface area contributed by atoms with Crippen LogP contribution in [0.5, 0.6) is 11.5 Å². The van der Waals surface area contributed by atoms with E-state index in [4.69, 9.17) is 4.74 Å². The first-order chi connectivity index (χ1) is 15.7. The summed E-state index contributed by atoms with van der Waals surface area (Å²) in [6.07, 6.45) is -3.75. The van der Waals surface area contributed by atoms with Crippen molar-refractivity contribution in [3.63, 3.8) is 0 Å². The summed E-state index contributed by atoms with van der Waals surface area (Å²) in [5, 5.41) is 2.67. The first-order valence-electron chi connectivity index (χ1n) is 10.3. The Hall–Kier alpha value is -3.81. The molecule has 3 aromatic rings. The number of hydrogen-bond acceptors (Lipinski definition) is 3. The fourth-order valence-corrected chi connectivity index (χ4v) is 3.70. The number of anilines is 1. The lowest BCUT2D eigenvalue weighted by molar-refractivity contribution is -0.137. The molecule has 0 aromatic heterocycles. The molecule has 4 rings (SSSR count). The van der Waals surface area contributed by atoms with Gasteiger partial charge in [0.05, 0.1) is 5.56 Å². The summed E-state index contributed by atoms with van der Waals surface area (Å²) < 4.78 is 43.8. The number of amides is 2. The number of nitrogens with zero attached hydrogens (tertiary/aromatic N) is 1. The number of nitrogens with one attached hydrogen (secondary N) is 1. The summed E-state index contributed by atoms with van der Waals surface area (Å²) in [5.41, 5.74) is 2.46. The lowest BCUT2D eigenvalue weighted by atomic mass is 9.98. The fraction of sp³-hybridized carbons (Fsp3) is 0.200. The second-order valence-electron chi connectivity index (χ2n) is 7.79. The van der Waals surface area contributed by atoms with E-state index < -0.39 is 11.7 Å². The average molecular weight is 454 g/mol. The van der Waals surface area contributed by atoms with Crippen molar-refractivity contribution in [2.45, 2.75) is 26.1 Å². The minimum atomic E-state index is -4.39. The van der Waals surface area contributed by atoms with Crippen LogP contribution in [0.2, 0.25) is 0 Å². The van der Waals surface area contributed by atoms with Crippen LogP contribution in [0.1, 0.15) is 34.0 Å². The minimum absolute atomic E-state index is 0.0971. The van der Waals surface area contributed by atoms with Crippen LogP contribution in [0.3, 0.4) is 0 Å². The topological polar surface area (TPSA) is 58.6 Å². The Labute approximate surface area is 188 Å². The number of benzene rings is 3.